The summed E-state index contributed by atoms with van der Waals surface area (Å²) in [6, 6.07) is 16.1. The lowest BCUT2D eigenvalue weighted by molar-refractivity contribution is 0.0622. The molecule has 0 aliphatic rings. The van der Waals surface area contributed by atoms with Gasteiger partial charge in [-0.3, -0.25) is 9.59 Å². The van der Waals surface area contributed by atoms with Crippen LogP contribution in [-0.4, -0.2) is 61.1 Å². The second-order valence-corrected chi connectivity index (χ2v) is 6.22. The minimum absolute atomic E-state index is 0.228. The maximum atomic E-state index is 13.3. The molecule has 0 saturated carbocycles. The average Bonchev–Trinajstić information content (AvgIpc) is 2.74. The number of benzene rings is 2. The summed E-state index contributed by atoms with van der Waals surface area (Å²) in [6.07, 6.45) is 0. The third-order valence-electron chi connectivity index (χ3n) is 4.43. The number of hydrogen-bond donors (Lipinski definition) is 0. The third-order valence-corrected chi connectivity index (χ3v) is 4.43. The molecule has 2 aromatic carbocycles. The van der Waals surface area contributed by atoms with E-state index in [1.54, 1.807) is 55.5 Å². The number of amides is 1. The number of methoxy groups -OCH3 is 2. The Morgan fingerprint density at radius 2 is 1.50 bits per heavy atom. The number of fused-ring (bicyclic) bond motifs is 1. The summed E-state index contributed by atoms with van der Waals surface area (Å²) in [7, 11) is 3.17. The zero-order valence-electron chi connectivity index (χ0n) is 16.0. The van der Waals surface area contributed by atoms with Gasteiger partial charge in [0.2, 0.25) is 0 Å². The second-order valence-electron chi connectivity index (χ2n) is 6.22. The fraction of sp³-hybridized carbons (Fsp3) is 0.286. The Morgan fingerprint density at radius 3 is 2.11 bits per heavy atom. The Labute approximate surface area is 163 Å². The molecule has 28 heavy (non-hydrogen) atoms. The highest BCUT2D eigenvalue weighted by molar-refractivity contribution is 6.04. The molecule has 7 nitrogen and oxygen atoms in total. The van der Waals surface area contributed by atoms with Crippen molar-refractivity contribution in [3.05, 3.63) is 70.6 Å². The van der Waals surface area contributed by atoms with Crippen LogP contribution in [0.5, 0.6) is 0 Å². The van der Waals surface area contributed by atoms with Crippen LogP contribution >= 0.6 is 0 Å². The topological polar surface area (TPSA) is 73.7 Å². The molecule has 0 fully saturated rings. The lowest BCUT2D eigenvalue weighted by Crippen LogP contribution is -2.38. The van der Waals surface area contributed by atoms with Crippen LogP contribution in [0.15, 0.2) is 59.4 Å². The first kappa shape index (κ1) is 19.7. The van der Waals surface area contributed by atoms with Gasteiger partial charge in [0.25, 0.3) is 11.5 Å². The Kier molecular flexibility index (Phi) is 6.52. The van der Waals surface area contributed by atoms with E-state index in [1.807, 2.05) is 18.2 Å². The summed E-state index contributed by atoms with van der Waals surface area (Å²) in [4.78, 5) is 27.9. The molecule has 0 aliphatic heterocycles. The summed E-state index contributed by atoms with van der Waals surface area (Å²) >= 11 is 0. The van der Waals surface area contributed by atoms with E-state index >= 15 is 0 Å². The van der Waals surface area contributed by atoms with Gasteiger partial charge in [-0.1, -0.05) is 36.4 Å². The van der Waals surface area contributed by atoms with Crippen LogP contribution in [0.4, 0.5) is 0 Å². The molecule has 1 heterocycles. The van der Waals surface area contributed by atoms with Gasteiger partial charge < -0.3 is 14.4 Å². The highest BCUT2D eigenvalue weighted by Gasteiger charge is 2.22. The standard InChI is InChI=1S/C21H23N3O4/c1-27-14-12-23(13-15-28-2)21(26)19-17-10-6-7-11-18(17)20(25)24(22-19)16-8-4-3-5-9-16/h3-11H,12-15H2,1-2H3. The summed E-state index contributed by atoms with van der Waals surface area (Å²) < 4.78 is 11.5. The minimum atomic E-state index is -0.269. The van der Waals surface area contributed by atoms with E-state index < -0.39 is 0 Å². The summed E-state index contributed by atoms with van der Waals surface area (Å²) in [5.74, 6) is -0.269. The van der Waals surface area contributed by atoms with Crippen molar-refractivity contribution in [1.29, 1.82) is 0 Å². The molecule has 1 aromatic heterocycles. The van der Waals surface area contributed by atoms with Crippen LogP contribution in [-0.2, 0) is 9.47 Å². The molecule has 3 rings (SSSR count). The lowest BCUT2D eigenvalue weighted by atomic mass is 10.1. The number of nitrogens with zero attached hydrogens (tertiary/aromatic N) is 3. The Bertz CT molecular complexity index is 993. The molecule has 3 aromatic rings. The van der Waals surface area contributed by atoms with Crippen molar-refractivity contribution < 1.29 is 14.3 Å². The van der Waals surface area contributed by atoms with Gasteiger partial charge in [0.1, 0.15) is 0 Å². The van der Waals surface area contributed by atoms with Crippen LogP contribution in [0.3, 0.4) is 0 Å². The average molecular weight is 381 g/mol. The molecular weight excluding hydrogens is 358 g/mol. The van der Waals surface area contributed by atoms with Crippen molar-refractivity contribution in [1.82, 2.24) is 14.7 Å². The molecule has 0 aliphatic carbocycles. The van der Waals surface area contributed by atoms with E-state index in [-0.39, 0.29) is 17.2 Å². The lowest BCUT2D eigenvalue weighted by Gasteiger charge is -2.22. The van der Waals surface area contributed by atoms with Crippen LogP contribution in [0.1, 0.15) is 10.5 Å². The van der Waals surface area contributed by atoms with Crippen molar-refractivity contribution in [2.75, 3.05) is 40.5 Å². The first-order valence-corrected chi connectivity index (χ1v) is 9.02. The highest BCUT2D eigenvalue weighted by atomic mass is 16.5. The predicted molar refractivity (Wildman–Crippen MR) is 107 cm³/mol. The van der Waals surface area contributed by atoms with Crippen molar-refractivity contribution >= 4 is 16.7 Å². The SMILES string of the molecule is COCCN(CCOC)C(=O)c1nn(-c2ccccc2)c(=O)c2ccccc12. The normalized spacial score (nSPS) is 10.9. The minimum Gasteiger partial charge on any atom is -0.383 e. The molecule has 0 bridgehead atoms. The van der Waals surface area contributed by atoms with Gasteiger partial charge >= 0.3 is 0 Å². The van der Waals surface area contributed by atoms with Crippen LogP contribution in [0, 0.1) is 0 Å². The van der Waals surface area contributed by atoms with E-state index in [4.69, 9.17) is 9.47 Å². The predicted octanol–water partition coefficient (Wildman–Crippen LogP) is 2.12. The summed E-state index contributed by atoms with van der Waals surface area (Å²) in [5.41, 5.74) is 0.567. The fourth-order valence-corrected chi connectivity index (χ4v) is 2.96. The molecular formula is C21H23N3O4. The largest absolute Gasteiger partial charge is 0.383 e. The maximum Gasteiger partial charge on any atom is 0.279 e. The van der Waals surface area contributed by atoms with Crippen LogP contribution in [0.25, 0.3) is 16.5 Å². The second kappa shape index (κ2) is 9.25. The maximum absolute atomic E-state index is 13.3. The number of hydrogen-bond acceptors (Lipinski definition) is 5. The molecule has 7 heteroatoms. The Balaban J connectivity index is 2.14. The van der Waals surface area contributed by atoms with Gasteiger partial charge in [-0.25, -0.2) is 0 Å². The first-order chi connectivity index (χ1) is 13.7. The molecule has 0 atom stereocenters. The van der Waals surface area contributed by atoms with Crippen molar-refractivity contribution in [3.63, 3.8) is 0 Å². The molecule has 0 spiro atoms. The number of carbonyl (C=O) groups is 1. The van der Waals surface area contributed by atoms with E-state index in [1.165, 1.54) is 4.68 Å². The zero-order chi connectivity index (χ0) is 19.9. The molecule has 0 radical (unpaired) electrons. The smallest absolute Gasteiger partial charge is 0.279 e. The Hall–Kier alpha value is -3.03. The molecule has 1 amide bonds. The van der Waals surface area contributed by atoms with Gasteiger partial charge in [-0.2, -0.15) is 9.78 Å². The monoisotopic (exact) mass is 381 g/mol. The van der Waals surface area contributed by atoms with E-state index in [0.717, 1.165) is 0 Å². The number of carbonyl (C=O) groups excluding carboxylic acids is 1. The van der Waals surface area contributed by atoms with Gasteiger partial charge in [0.05, 0.1) is 24.3 Å². The van der Waals surface area contributed by atoms with E-state index in [0.29, 0.717) is 42.8 Å². The first-order valence-electron chi connectivity index (χ1n) is 9.02. The fourth-order valence-electron chi connectivity index (χ4n) is 2.96. The number of aromatic nitrogens is 2. The van der Waals surface area contributed by atoms with Crippen molar-refractivity contribution in [2.45, 2.75) is 0 Å². The van der Waals surface area contributed by atoms with Crippen molar-refractivity contribution in [2.24, 2.45) is 0 Å². The van der Waals surface area contributed by atoms with Crippen molar-refractivity contribution in [3.8, 4) is 5.69 Å². The molecule has 0 saturated heterocycles. The highest BCUT2D eigenvalue weighted by Crippen LogP contribution is 2.17. The van der Waals surface area contributed by atoms with E-state index in [2.05, 4.69) is 5.10 Å². The Morgan fingerprint density at radius 1 is 0.929 bits per heavy atom. The molecule has 146 valence electrons. The zero-order valence-corrected chi connectivity index (χ0v) is 16.0. The van der Waals surface area contributed by atoms with Gasteiger partial charge in [0.15, 0.2) is 5.69 Å². The van der Waals surface area contributed by atoms with Crippen LogP contribution in [0.2, 0.25) is 0 Å². The number of ether oxygens (including phenoxy) is 2. The number of rotatable bonds is 8. The van der Waals surface area contributed by atoms with Gasteiger partial charge in [0, 0.05) is 32.7 Å². The van der Waals surface area contributed by atoms with Gasteiger partial charge in [-0.05, 0) is 18.2 Å². The molecule has 0 unspecified atom stereocenters. The molecule has 0 N–H and O–H groups in total. The summed E-state index contributed by atoms with van der Waals surface area (Å²) in [5, 5.41) is 5.42. The quantitative estimate of drug-likeness (QED) is 0.598. The van der Waals surface area contributed by atoms with E-state index in [9.17, 15) is 9.59 Å². The summed E-state index contributed by atoms with van der Waals surface area (Å²) in [6.45, 7) is 1.59. The number of para-hydroxylation sites is 1. The van der Waals surface area contributed by atoms with Gasteiger partial charge in [-0.15, -0.1) is 0 Å². The van der Waals surface area contributed by atoms with Crippen LogP contribution < -0.4 is 5.56 Å². The third kappa shape index (κ3) is 4.11.